The van der Waals surface area contributed by atoms with Gasteiger partial charge >= 0.3 is 5.97 Å². The van der Waals surface area contributed by atoms with Gasteiger partial charge in [-0.1, -0.05) is 11.6 Å². The molecule has 1 aromatic carbocycles. The van der Waals surface area contributed by atoms with E-state index in [-0.39, 0.29) is 11.8 Å². The molecule has 2 aliphatic rings. The predicted octanol–water partition coefficient (Wildman–Crippen LogP) is 3.18. The largest absolute Gasteiger partial charge is 0.478 e. The van der Waals surface area contributed by atoms with E-state index >= 15 is 0 Å². The second-order valence-corrected chi connectivity index (χ2v) is 5.89. The summed E-state index contributed by atoms with van der Waals surface area (Å²) < 4.78 is 0. The van der Waals surface area contributed by atoms with E-state index in [2.05, 4.69) is 0 Å². The van der Waals surface area contributed by atoms with Crippen LogP contribution in [0.4, 0.5) is 5.69 Å². The maximum atomic E-state index is 12.5. The van der Waals surface area contributed by atoms with E-state index in [9.17, 15) is 14.4 Å². The molecule has 0 radical (unpaired) electrons. The van der Waals surface area contributed by atoms with Crippen LogP contribution in [0.5, 0.6) is 0 Å². The highest BCUT2D eigenvalue weighted by molar-refractivity contribution is 6.34. The molecule has 5 nitrogen and oxygen atoms in total. The van der Waals surface area contributed by atoms with Crippen LogP contribution in [0.1, 0.15) is 31.2 Å². The van der Waals surface area contributed by atoms with Gasteiger partial charge in [-0.25, -0.2) is 9.69 Å². The smallest absolute Gasteiger partial charge is 0.328 e. The first-order valence-electron chi connectivity index (χ1n) is 7.30. The summed E-state index contributed by atoms with van der Waals surface area (Å²) in [6.45, 7) is 0. The third kappa shape index (κ3) is 2.80. The lowest BCUT2D eigenvalue weighted by Gasteiger charge is -2.16. The zero-order valence-electron chi connectivity index (χ0n) is 12.2. The molecule has 1 aliphatic heterocycles. The third-order valence-electron chi connectivity index (χ3n) is 4.03. The molecule has 1 aliphatic carbocycles. The molecule has 3 rings (SSSR count). The molecule has 118 valence electrons. The Hall–Kier alpha value is -2.40. The van der Waals surface area contributed by atoms with Crippen LogP contribution in [-0.2, 0) is 14.4 Å². The molecule has 0 saturated heterocycles. The molecule has 23 heavy (non-hydrogen) atoms. The first-order valence-corrected chi connectivity index (χ1v) is 7.68. The van der Waals surface area contributed by atoms with Crippen LogP contribution in [0.3, 0.4) is 0 Å². The van der Waals surface area contributed by atoms with Gasteiger partial charge < -0.3 is 5.11 Å². The Balaban J connectivity index is 1.97. The van der Waals surface area contributed by atoms with Gasteiger partial charge in [-0.15, -0.1) is 0 Å². The average molecular weight is 332 g/mol. The van der Waals surface area contributed by atoms with Crippen molar-refractivity contribution in [3.63, 3.8) is 0 Å². The fraction of sp³-hybridized carbons (Fsp3) is 0.235. The number of aliphatic carboxylic acids is 1. The van der Waals surface area contributed by atoms with Crippen molar-refractivity contribution >= 4 is 41.1 Å². The Morgan fingerprint density at radius 2 is 1.74 bits per heavy atom. The number of benzene rings is 1. The molecule has 6 heteroatoms. The highest BCUT2D eigenvalue weighted by atomic mass is 35.5. The lowest BCUT2D eigenvalue weighted by molar-refractivity contribution is -0.131. The van der Waals surface area contributed by atoms with Crippen LogP contribution in [0.15, 0.2) is 35.4 Å². The van der Waals surface area contributed by atoms with Gasteiger partial charge in [0.05, 0.1) is 5.69 Å². The molecule has 0 saturated carbocycles. The Bertz CT molecular complexity index is 751. The molecular formula is C17H14ClNO4. The summed E-state index contributed by atoms with van der Waals surface area (Å²) in [5, 5.41) is 9.07. The van der Waals surface area contributed by atoms with Crippen molar-refractivity contribution in [2.24, 2.45) is 0 Å². The predicted molar refractivity (Wildman–Crippen MR) is 86.1 cm³/mol. The summed E-state index contributed by atoms with van der Waals surface area (Å²) in [6.07, 6.45) is 5.40. The van der Waals surface area contributed by atoms with Gasteiger partial charge in [0, 0.05) is 22.2 Å². The number of imide groups is 1. The van der Waals surface area contributed by atoms with Crippen LogP contribution in [0, 0.1) is 0 Å². The normalized spacial score (nSPS) is 18.0. The lowest BCUT2D eigenvalue weighted by atomic mass is 9.93. The van der Waals surface area contributed by atoms with Crippen molar-refractivity contribution in [3.8, 4) is 0 Å². The van der Waals surface area contributed by atoms with E-state index in [4.69, 9.17) is 16.7 Å². The molecule has 0 bridgehead atoms. The van der Waals surface area contributed by atoms with Gasteiger partial charge in [-0.2, -0.15) is 0 Å². The van der Waals surface area contributed by atoms with Crippen LogP contribution < -0.4 is 4.90 Å². The van der Waals surface area contributed by atoms with Crippen molar-refractivity contribution in [1.82, 2.24) is 0 Å². The van der Waals surface area contributed by atoms with E-state index in [1.807, 2.05) is 0 Å². The van der Waals surface area contributed by atoms with Crippen molar-refractivity contribution in [2.45, 2.75) is 25.7 Å². The van der Waals surface area contributed by atoms with E-state index in [1.165, 1.54) is 6.08 Å². The number of carboxylic acids is 1. The van der Waals surface area contributed by atoms with E-state index < -0.39 is 5.97 Å². The van der Waals surface area contributed by atoms with Crippen molar-refractivity contribution in [2.75, 3.05) is 4.90 Å². The van der Waals surface area contributed by atoms with E-state index in [1.54, 1.807) is 18.2 Å². The zero-order chi connectivity index (χ0) is 16.6. The van der Waals surface area contributed by atoms with E-state index in [0.29, 0.717) is 40.3 Å². The number of carboxylic acid groups (broad SMARTS) is 1. The second-order valence-electron chi connectivity index (χ2n) is 5.49. The van der Waals surface area contributed by atoms with Crippen molar-refractivity contribution in [1.29, 1.82) is 0 Å². The number of nitrogens with zero attached hydrogens (tertiary/aromatic N) is 1. The lowest BCUT2D eigenvalue weighted by Crippen LogP contribution is -2.31. The molecule has 0 fully saturated rings. The van der Waals surface area contributed by atoms with Crippen LogP contribution in [0.25, 0.3) is 6.08 Å². The second kappa shape index (κ2) is 6.01. The molecule has 2 amide bonds. The number of rotatable bonds is 3. The summed E-state index contributed by atoms with van der Waals surface area (Å²) in [6, 6.07) is 4.70. The highest BCUT2D eigenvalue weighted by Gasteiger charge is 2.39. The highest BCUT2D eigenvalue weighted by Crippen LogP contribution is 2.36. The Morgan fingerprint density at radius 3 is 2.30 bits per heavy atom. The van der Waals surface area contributed by atoms with Gasteiger partial charge in [0.1, 0.15) is 0 Å². The molecule has 1 aromatic rings. The number of anilines is 1. The topological polar surface area (TPSA) is 74.7 Å². The van der Waals surface area contributed by atoms with Crippen molar-refractivity contribution in [3.05, 3.63) is 46.0 Å². The van der Waals surface area contributed by atoms with Gasteiger partial charge in [-0.05, 0) is 55.5 Å². The maximum absolute atomic E-state index is 12.5. The standard InChI is InChI=1S/C17H14ClNO4/c18-14-7-6-11(9-10(14)5-8-15(20)21)19-16(22)12-3-1-2-4-13(12)17(19)23/h5-9H,1-4H2,(H,20,21). The number of halogens is 1. The van der Waals surface area contributed by atoms with Crippen molar-refractivity contribution < 1.29 is 19.5 Å². The molecule has 0 atom stereocenters. The van der Waals surface area contributed by atoms with E-state index in [0.717, 1.165) is 23.8 Å². The summed E-state index contributed by atoms with van der Waals surface area (Å²) >= 11 is 6.04. The number of carbonyl (C=O) groups is 3. The van der Waals surface area contributed by atoms with Crippen LogP contribution >= 0.6 is 11.6 Å². The molecule has 0 spiro atoms. The first kappa shape index (κ1) is 15.5. The molecule has 1 N–H and O–H groups in total. The fourth-order valence-corrected chi connectivity index (χ4v) is 3.11. The molecule has 1 heterocycles. The molecular weight excluding hydrogens is 318 g/mol. The van der Waals surface area contributed by atoms with Crippen LogP contribution in [-0.4, -0.2) is 22.9 Å². The minimum absolute atomic E-state index is 0.278. The summed E-state index contributed by atoms with van der Waals surface area (Å²) in [5.41, 5.74) is 2.07. The number of hydrogen-bond donors (Lipinski definition) is 1. The minimum Gasteiger partial charge on any atom is -0.478 e. The Morgan fingerprint density at radius 1 is 1.13 bits per heavy atom. The summed E-state index contributed by atoms with van der Waals surface area (Å²) in [5.74, 6) is -1.66. The van der Waals surface area contributed by atoms with Gasteiger partial charge in [0.15, 0.2) is 0 Å². The van der Waals surface area contributed by atoms with Gasteiger partial charge in [0.25, 0.3) is 11.8 Å². The SMILES string of the molecule is O=C(O)C=Cc1cc(N2C(=O)C3=C(CCCC3)C2=O)ccc1Cl. The van der Waals surface area contributed by atoms with Gasteiger partial charge in [-0.3, -0.25) is 9.59 Å². The molecule has 0 unspecified atom stereocenters. The number of carbonyl (C=O) groups excluding carboxylic acids is 2. The quantitative estimate of drug-likeness (QED) is 0.682. The number of amides is 2. The molecule has 0 aromatic heterocycles. The summed E-state index contributed by atoms with van der Waals surface area (Å²) in [7, 11) is 0. The minimum atomic E-state index is -1.10. The third-order valence-corrected chi connectivity index (χ3v) is 4.38. The Kier molecular flexibility index (Phi) is 4.05. The zero-order valence-corrected chi connectivity index (χ0v) is 13.0. The maximum Gasteiger partial charge on any atom is 0.328 e. The van der Waals surface area contributed by atoms with Gasteiger partial charge in [0.2, 0.25) is 0 Å². The van der Waals surface area contributed by atoms with Crippen LogP contribution in [0.2, 0.25) is 5.02 Å². The average Bonchev–Trinajstić information content (AvgIpc) is 2.79. The Labute approximate surface area is 137 Å². The first-order chi connectivity index (χ1) is 11.0. The summed E-state index contributed by atoms with van der Waals surface area (Å²) in [4.78, 5) is 36.8. The fourth-order valence-electron chi connectivity index (χ4n) is 2.93. The monoisotopic (exact) mass is 331 g/mol. The number of hydrogen-bond acceptors (Lipinski definition) is 3.